The third kappa shape index (κ3) is 5.11. The van der Waals surface area contributed by atoms with Crippen molar-refractivity contribution in [2.24, 2.45) is 0 Å². The molecule has 0 atom stereocenters. The van der Waals surface area contributed by atoms with E-state index in [0.29, 0.717) is 16.3 Å². The topological polar surface area (TPSA) is 113 Å². The second-order valence-electron chi connectivity index (χ2n) is 6.16. The lowest BCUT2D eigenvalue weighted by Gasteiger charge is -2.23. The van der Waals surface area contributed by atoms with E-state index in [0.717, 1.165) is 4.47 Å². The highest BCUT2D eigenvalue weighted by Gasteiger charge is 2.24. The molecule has 0 fully saturated rings. The molecule has 1 heterocycles. The van der Waals surface area contributed by atoms with Crippen molar-refractivity contribution in [1.29, 1.82) is 0 Å². The second-order valence-corrected chi connectivity index (χ2v) is 7.52. The number of nitrogens with one attached hydrogen (secondary N) is 2. The first-order valence-electron chi connectivity index (χ1n) is 8.92. The first-order valence-corrected chi connectivity index (χ1v) is 10.1. The molecular weight excluding hydrogens is 474 g/mol. The molecule has 0 aliphatic heterocycles. The summed E-state index contributed by atoms with van der Waals surface area (Å²) in [5, 5.41) is 3.31. The Bertz CT molecular complexity index is 1090. The van der Waals surface area contributed by atoms with Gasteiger partial charge in [-0.1, -0.05) is 27.5 Å². The average molecular weight is 493 g/mol. The number of benzene rings is 2. The normalized spacial score (nSPS) is 10.5. The summed E-state index contributed by atoms with van der Waals surface area (Å²) in [5.74, 6) is 0.314. The van der Waals surface area contributed by atoms with Crippen LogP contribution >= 0.6 is 27.5 Å². The monoisotopic (exact) mass is 491 g/mol. The highest BCUT2D eigenvalue weighted by atomic mass is 79.9. The number of nitrogens with two attached hydrogens (primary N) is 1. The van der Waals surface area contributed by atoms with E-state index in [-0.39, 0.29) is 30.6 Å². The molecule has 0 saturated heterocycles. The zero-order valence-corrected chi connectivity index (χ0v) is 18.3. The molecule has 3 rings (SSSR count). The van der Waals surface area contributed by atoms with Crippen LogP contribution in [0.3, 0.4) is 0 Å². The van der Waals surface area contributed by atoms with E-state index in [9.17, 15) is 9.59 Å². The third-order valence-electron chi connectivity index (χ3n) is 4.16. The van der Waals surface area contributed by atoms with Crippen LogP contribution in [0.25, 0.3) is 0 Å². The predicted molar refractivity (Wildman–Crippen MR) is 122 cm³/mol. The van der Waals surface area contributed by atoms with Crippen molar-refractivity contribution in [3.05, 3.63) is 73.9 Å². The first kappa shape index (κ1) is 21.7. The zero-order valence-electron chi connectivity index (χ0n) is 16.0. The number of aromatic nitrogens is 2. The Hall–Kier alpha value is -3.04. The standard InChI is InChI=1S/C20H19BrClN5O3/c1-24-20-25-17(23)16(18(28)26-20)27(19(29)12-2-4-13(21)5-3-12)10-11-30-15-8-6-14(22)7-9-15/h2-9H,10-11H2,1H3,(H4,23,24,25,26,28). The van der Waals surface area contributed by atoms with E-state index in [2.05, 4.69) is 31.2 Å². The first-order chi connectivity index (χ1) is 14.4. The number of hydrogen-bond acceptors (Lipinski definition) is 6. The minimum atomic E-state index is -0.538. The fourth-order valence-corrected chi connectivity index (χ4v) is 3.10. The van der Waals surface area contributed by atoms with Gasteiger partial charge in [-0.25, -0.2) is 0 Å². The molecular formula is C20H19BrClN5O3. The van der Waals surface area contributed by atoms with Gasteiger partial charge in [-0.3, -0.25) is 19.5 Å². The second kappa shape index (κ2) is 9.64. The summed E-state index contributed by atoms with van der Waals surface area (Å²) in [4.78, 5) is 33.8. The number of carbonyl (C=O) groups excluding carboxylic acids is 1. The van der Waals surface area contributed by atoms with Crippen molar-refractivity contribution in [3.63, 3.8) is 0 Å². The molecule has 4 N–H and O–H groups in total. The number of ether oxygens (including phenoxy) is 1. The van der Waals surface area contributed by atoms with Gasteiger partial charge in [-0.2, -0.15) is 4.98 Å². The molecule has 1 aromatic heterocycles. The van der Waals surface area contributed by atoms with Gasteiger partial charge in [0.2, 0.25) is 5.95 Å². The molecule has 0 saturated carbocycles. The van der Waals surface area contributed by atoms with Crippen molar-refractivity contribution in [3.8, 4) is 5.75 Å². The molecule has 2 aromatic carbocycles. The van der Waals surface area contributed by atoms with Gasteiger partial charge >= 0.3 is 0 Å². The summed E-state index contributed by atoms with van der Waals surface area (Å²) in [6.07, 6.45) is 0. The van der Waals surface area contributed by atoms with Crippen molar-refractivity contribution in [2.45, 2.75) is 0 Å². The fraction of sp³-hybridized carbons (Fsp3) is 0.150. The van der Waals surface area contributed by atoms with E-state index < -0.39 is 11.5 Å². The van der Waals surface area contributed by atoms with Gasteiger partial charge in [0.05, 0.1) is 6.54 Å². The van der Waals surface area contributed by atoms with Gasteiger partial charge in [0.15, 0.2) is 11.5 Å². The molecule has 0 radical (unpaired) electrons. The van der Waals surface area contributed by atoms with Gasteiger partial charge in [-0.05, 0) is 48.5 Å². The highest BCUT2D eigenvalue weighted by Crippen LogP contribution is 2.21. The van der Waals surface area contributed by atoms with Crippen LogP contribution in [0, 0.1) is 0 Å². The van der Waals surface area contributed by atoms with E-state index in [1.165, 1.54) is 4.90 Å². The highest BCUT2D eigenvalue weighted by molar-refractivity contribution is 9.10. The SMILES string of the molecule is CNc1nc(N)c(N(CCOc2ccc(Cl)cc2)C(=O)c2ccc(Br)cc2)c(=O)[nH]1. The molecule has 30 heavy (non-hydrogen) atoms. The minimum absolute atomic E-state index is 0.0402. The van der Waals surface area contributed by atoms with Crippen LogP contribution < -0.4 is 26.2 Å². The third-order valence-corrected chi connectivity index (χ3v) is 4.94. The van der Waals surface area contributed by atoms with Crippen LogP contribution in [-0.2, 0) is 0 Å². The van der Waals surface area contributed by atoms with Crippen molar-refractivity contribution >= 4 is 50.9 Å². The van der Waals surface area contributed by atoms with Gasteiger partial charge in [0, 0.05) is 22.1 Å². The van der Waals surface area contributed by atoms with Crippen LogP contribution in [0.15, 0.2) is 57.8 Å². The van der Waals surface area contributed by atoms with Gasteiger partial charge in [0.1, 0.15) is 12.4 Å². The molecule has 0 aliphatic rings. The number of hydrogen-bond donors (Lipinski definition) is 3. The zero-order chi connectivity index (χ0) is 21.7. The van der Waals surface area contributed by atoms with Gasteiger partial charge in [-0.15, -0.1) is 0 Å². The van der Waals surface area contributed by atoms with Crippen LogP contribution in [0.1, 0.15) is 10.4 Å². The number of anilines is 3. The Labute approximate surface area is 186 Å². The van der Waals surface area contributed by atoms with E-state index in [1.807, 2.05) is 0 Å². The maximum Gasteiger partial charge on any atom is 0.278 e. The van der Waals surface area contributed by atoms with E-state index >= 15 is 0 Å². The Morgan fingerprint density at radius 3 is 2.50 bits per heavy atom. The van der Waals surface area contributed by atoms with Crippen molar-refractivity contribution in [1.82, 2.24) is 9.97 Å². The number of nitrogens with zero attached hydrogens (tertiary/aromatic N) is 2. The lowest BCUT2D eigenvalue weighted by molar-refractivity contribution is 0.0982. The van der Waals surface area contributed by atoms with E-state index in [4.69, 9.17) is 22.1 Å². The molecule has 3 aromatic rings. The Morgan fingerprint density at radius 2 is 1.90 bits per heavy atom. The van der Waals surface area contributed by atoms with Crippen LogP contribution in [0.4, 0.5) is 17.5 Å². The van der Waals surface area contributed by atoms with Crippen molar-refractivity contribution < 1.29 is 9.53 Å². The summed E-state index contributed by atoms with van der Waals surface area (Å²) in [5.41, 5.74) is 5.82. The number of nitrogen functional groups attached to an aromatic ring is 1. The minimum Gasteiger partial charge on any atom is -0.492 e. The Morgan fingerprint density at radius 1 is 1.23 bits per heavy atom. The quantitative estimate of drug-likeness (QED) is 0.465. The van der Waals surface area contributed by atoms with Gasteiger partial charge in [0.25, 0.3) is 11.5 Å². The predicted octanol–water partition coefficient (Wildman–Crippen LogP) is 3.54. The number of aromatic amines is 1. The molecule has 0 aliphatic carbocycles. The summed E-state index contributed by atoms with van der Waals surface area (Å²) in [6, 6.07) is 13.6. The number of H-pyrrole nitrogens is 1. The maximum absolute atomic E-state index is 13.2. The number of halogens is 2. The summed E-state index contributed by atoms with van der Waals surface area (Å²) >= 11 is 9.22. The van der Waals surface area contributed by atoms with E-state index in [1.54, 1.807) is 55.6 Å². The van der Waals surface area contributed by atoms with Gasteiger partial charge < -0.3 is 15.8 Å². The summed E-state index contributed by atoms with van der Waals surface area (Å²) in [7, 11) is 1.60. The average Bonchev–Trinajstić information content (AvgIpc) is 2.73. The number of amides is 1. The smallest absolute Gasteiger partial charge is 0.278 e. The lowest BCUT2D eigenvalue weighted by atomic mass is 10.2. The Kier molecular flexibility index (Phi) is 6.96. The van der Waals surface area contributed by atoms with Crippen molar-refractivity contribution in [2.75, 3.05) is 36.1 Å². The molecule has 1 amide bonds. The summed E-state index contributed by atoms with van der Waals surface area (Å²) < 4.78 is 6.52. The van der Waals surface area contributed by atoms with Crippen LogP contribution in [0.2, 0.25) is 5.02 Å². The molecule has 156 valence electrons. The largest absolute Gasteiger partial charge is 0.492 e. The number of carbonyl (C=O) groups is 1. The molecule has 0 unspecified atom stereocenters. The fourth-order valence-electron chi connectivity index (χ4n) is 2.71. The molecule has 8 nitrogen and oxygen atoms in total. The molecule has 10 heteroatoms. The lowest BCUT2D eigenvalue weighted by Crippen LogP contribution is -2.39. The maximum atomic E-state index is 13.2. The Balaban J connectivity index is 1.90. The molecule has 0 bridgehead atoms. The van der Waals surface area contributed by atoms with Crippen LogP contribution in [0.5, 0.6) is 5.75 Å². The number of rotatable bonds is 7. The molecule has 0 spiro atoms. The summed E-state index contributed by atoms with van der Waals surface area (Å²) in [6.45, 7) is 0.196. The van der Waals surface area contributed by atoms with Crippen LogP contribution in [-0.4, -0.2) is 36.1 Å².